The van der Waals surface area contributed by atoms with E-state index in [0.29, 0.717) is 55.3 Å². The van der Waals surface area contributed by atoms with Gasteiger partial charge in [-0.2, -0.15) is 0 Å². The summed E-state index contributed by atoms with van der Waals surface area (Å²) in [5.74, 6) is 0.793. The molecule has 1 aliphatic carbocycles. The van der Waals surface area contributed by atoms with Crippen molar-refractivity contribution in [2.45, 2.75) is 63.9 Å². The number of carbonyl (C=O) groups excluding carboxylic acids is 1. The van der Waals surface area contributed by atoms with Crippen molar-refractivity contribution in [3.8, 4) is 0 Å². The van der Waals surface area contributed by atoms with E-state index in [4.69, 9.17) is 0 Å². The number of sulfonamides is 1. The van der Waals surface area contributed by atoms with Crippen molar-refractivity contribution in [1.29, 1.82) is 0 Å². The summed E-state index contributed by atoms with van der Waals surface area (Å²) >= 11 is 0. The number of rotatable bonds is 8. The van der Waals surface area contributed by atoms with Crippen molar-refractivity contribution in [3.63, 3.8) is 0 Å². The van der Waals surface area contributed by atoms with Gasteiger partial charge in [0.25, 0.3) is 10.0 Å². The number of benzene rings is 2. The summed E-state index contributed by atoms with van der Waals surface area (Å²) in [6, 6.07) is 12.8. The number of aliphatic hydroxyl groups excluding tert-OH is 1. The zero-order valence-electron chi connectivity index (χ0n) is 20.4. The van der Waals surface area contributed by atoms with E-state index in [0.717, 1.165) is 30.6 Å². The maximum Gasteiger partial charge on any atom is 0.264 e. The zero-order valence-corrected chi connectivity index (χ0v) is 21.2. The highest BCUT2D eigenvalue weighted by molar-refractivity contribution is 7.92. The highest BCUT2D eigenvalue weighted by Gasteiger charge is 2.32. The Balaban J connectivity index is 1.66. The Kier molecular flexibility index (Phi) is 7.33. The van der Waals surface area contributed by atoms with Gasteiger partial charge in [0.05, 0.1) is 16.7 Å². The van der Waals surface area contributed by atoms with Crippen LogP contribution in [0.1, 0.15) is 63.7 Å². The molecule has 0 aromatic heterocycles. The minimum absolute atomic E-state index is 0.147. The molecule has 1 N–H and O–H groups in total. The van der Waals surface area contributed by atoms with E-state index in [2.05, 4.69) is 11.8 Å². The Hall–Kier alpha value is -2.38. The van der Waals surface area contributed by atoms with Gasteiger partial charge in [0, 0.05) is 43.7 Å². The Morgan fingerprint density at radius 3 is 2.47 bits per heavy atom. The Labute approximate surface area is 203 Å². The fourth-order valence-corrected chi connectivity index (χ4v) is 6.71. The Morgan fingerprint density at radius 1 is 1.12 bits per heavy atom. The van der Waals surface area contributed by atoms with Gasteiger partial charge in [-0.25, -0.2) is 8.42 Å². The number of hydrogen-bond acceptors (Lipinski definition) is 5. The average Bonchev–Trinajstić information content (AvgIpc) is 3.23. The van der Waals surface area contributed by atoms with Gasteiger partial charge >= 0.3 is 0 Å². The van der Waals surface area contributed by atoms with Gasteiger partial charge in [-0.3, -0.25) is 9.10 Å². The molecule has 6 nitrogen and oxygen atoms in total. The molecule has 0 spiro atoms. The molecule has 2 aliphatic rings. The highest BCUT2D eigenvalue weighted by atomic mass is 32.2. The molecule has 4 rings (SSSR count). The number of ketones is 1. The summed E-state index contributed by atoms with van der Waals surface area (Å²) in [5.41, 5.74) is 3.34. The maximum absolute atomic E-state index is 13.8. The highest BCUT2D eigenvalue weighted by Crippen LogP contribution is 2.38. The van der Waals surface area contributed by atoms with Crippen molar-refractivity contribution in [2.24, 2.45) is 11.8 Å². The molecule has 34 heavy (non-hydrogen) atoms. The first-order valence-corrected chi connectivity index (χ1v) is 13.8. The smallest absolute Gasteiger partial charge is 0.264 e. The van der Waals surface area contributed by atoms with Crippen molar-refractivity contribution in [1.82, 2.24) is 0 Å². The predicted molar refractivity (Wildman–Crippen MR) is 136 cm³/mol. The van der Waals surface area contributed by atoms with Gasteiger partial charge in [-0.05, 0) is 67.0 Å². The molecule has 2 aromatic carbocycles. The van der Waals surface area contributed by atoms with Gasteiger partial charge in [0.1, 0.15) is 5.78 Å². The summed E-state index contributed by atoms with van der Waals surface area (Å²) in [5, 5.41) is 10.7. The number of hydrogen-bond donors (Lipinski definition) is 1. The molecular formula is C27H36N2O4S. The fourth-order valence-electron chi connectivity index (χ4n) is 5.05. The molecule has 1 saturated carbocycles. The van der Waals surface area contributed by atoms with Crippen LogP contribution in [-0.2, 0) is 21.2 Å². The van der Waals surface area contributed by atoms with E-state index in [1.54, 1.807) is 12.1 Å². The number of carbonyl (C=O) groups is 1. The zero-order chi connectivity index (χ0) is 24.5. The first-order chi connectivity index (χ1) is 16.2. The number of anilines is 2. The number of fused-ring (bicyclic) bond motifs is 1. The summed E-state index contributed by atoms with van der Waals surface area (Å²) in [6.07, 6.45) is 2.91. The van der Waals surface area contributed by atoms with Crippen molar-refractivity contribution < 1.29 is 18.3 Å². The molecule has 1 aliphatic heterocycles. The molecule has 7 heteroatoms. The summed E-state index contributed by atoms with van der Waals surface area (Å²) in [7, 11) is -3.81. The first-order valence-electron chi connectivity index (χ1n) is 12.4. The van der Waals surface area contributed by atoms with Gasteiger partial charge in [-0.1, -0.05) is 32.9 Å². The van der Waals surface area contributed by atoms with Crippen LogP contribution in [0.4, 0.5) is 11.4 Å². The lowest BCUT2D eigenvalue weighted by Crippen LogP contribution is -2.36. The average molecular weight is 485 g/mol. The normalized spacial score (nSPS) is 20.6. The van der Waals surface area contributed by atoms with E-state index in [1.165, 1.54) is 4.31 Å². The minimum atomic E-state index is -3.81. The topological polar surface area (TPSA) is 77.9 Å². The van der Waals surface area contributed by atoms with Gasteiger partial charge in [0.15, 0.2) is 0 Å². The number of nitrogens with zero attached hydrogens (tertiary/aromatic N) is 2. The molecule has 1 fully saturated rings. The molecule has 2 atom stereocenters. The summed E-state index contributed by atoms with van der Waals surface area (Å²) < 4.78 is 29.1. The maximum atomic E-state index is 13.8. The Morgan fingerprint density at radius 2 is 1.85 bits per heavy atom. The number of aryl methyl sites for hydroxylation is 1. The van der Waals surface area contributed by atoms with E-state index in [-0.39, 0.29) is 10.8 Å². The summed E-state index contributed by atoms with van der Waals surface area (Å²) in [4.78, 5) is 14.1. The largest absolute Gasteiger partial charge is 0.388 e. The molecule has 2 unspecified atom stereocenters. The second-order valence-electron chi connectivity index (χ2n) is 10.1. The van der Waals surface area contributed by atoms with Crippen LogP contribution in [0.5, 0.6) is 0 Å². The second-order valence-corrected chi connectivity index (χ2v) is 11.9. The predicted octanol–water partition coefficient (Wildman–Crippen LogP) is 4.71. The van der Waals surface area contributed by atoms with Crippen LogP contribution in [0.15, 0.2) is 47.4 Å². The first kappa shape index (κ1) is 24.7. The molecule has 0 saturated heterocycles. The molecular weight excluding hydrogens is 448 g/mol. The fraction of sp³-hybridized carbons (Fsp3) is 0.519. The molecule has 0 amide bonds. The van der Waals surface area contributed by atoms with Crippen molar-refractivity contribution >= 4 is 27.2 Å². The van der Waals surface area contributed by atoms with Crippen molar-refractivity contribution in [3.05, 3.63) is 53.6 Å². The van der Waals surface area contributed by atoms with E-state index < -0.39 is 16.1 Å². The Bertz CT molecular complexity index is 1130. The number of aliphatic hydroxyl groups is 1. The molecule has 2 aromatic rings. The minimum Gasteiger partial charge on any atom is -0.388 e. The molecule has 184 valence electrons. The van der Waals surface area contributed by atoms with Crippen LogP contribution in [0, 0.1) is 11.8 Å². The van der Waals surface area contributed by atoms with Crippen LogP contribution in [0.2, 0.25) is 0 Å². The quantitative estimate of drug-likeness (QED) is 0.587. The lowest BCUT2D eigenvalue weighted by Gasteiger charge is -2.36. The van der Waals surface area contributed by atoms with Gasteiger partial charge in [0.2, 0.25) is 0 Å². The van der Waals surface area contributed by atoms with Crippen molar-refractivity contribution in [2.75, 3.05) is 28.8 Å². The lowest BCUT2D eigenvalue weighted by molar-refractivity contribution is -0.117. The number of Topliss-reactive ketones (excluding diaryl/α,β-unsaturated/α-hetero) is 1. The molecule has 0 bridgehead atoms. The lowest BCUT2D eigenvalue weighted by atomic mass is 9.97. The third-order valence-corrected chi connectivity index (χ3v) is 8.74. The monoisotopic (exact) mass is 484 g/mol. The summed E-state index contributed by atoms with van der Waals surface area (Å²) in [6.45, 7) is 7.92. The van der Waals surface area contributed by atoms with Crippen LogP contribution < -0.4 is 9.21 Å². The third-order valence-electron chi connectivity index (χ3n) is 6.95. The standard InChI is InChI=1S/C27H36N2O4S/c1-4-20-5-8-22(9-6-20)29(17-19(2)3)34(32,33)24-11-12-26-25(16-24)27(31)13-14-28(26)18-21-7-10-23(30)15-21/h5-6,8-9,11-12,16,19,21,27,31H,4,7,10,13-15,17-18H2,1-3H3. The van der Waals surface area contributed by atoms with Crippen LogP contribution in [-0.4, -0.2) is 38.9 Å². The van der Waals surface area contributed by atoms with Crippen LogP contribution >= 0.6 is 0 Å². The second kappa shape index (κ2) is 10.1. The van der Waals surface area contributed by atoms with Gasteiger partial charge < -0.3 is 10.0 Å². The van der Waals surface area contributed by atoms with Crippen LogP contribution in [0.3, 0.4) is 0 Å². The van der Waals surface area contributed by atoms with Crippen LogP contribution in [0.25, 0.3) is 0 Å². The SMILES string of the molecule is CCc1ccc(N(CC(C)C)S(=O)(=O)c2ccc3c(c2)C(O)CCN3CC2CCC(=O)C2)cc1. The van der Waals surface area contributed by atoms with Gasteiger partial charge in [-0.15, -0.1) is 0 Å². The third kappa shape index (κ3) is 5.15. The van der Waals surface area contributed by atoms with E-state index >= 15 is 0 Å². The van der Waals surface area contributed by atoms with E-state index in [1.807, 2.05) is 44.2 Å². The molecule has 1 heterocycles. The van der Waals surface area contributed by atoms with E-state index in [9.17, 15) is 18.3 Å². The molecule has 0 radical (unpaired) electrons.